The Balaban J connectivity index is 4.10. The summed E-state index contributed by atoms with van der Waals surface area (Å²) in [7, 11) is -0.0661. The number of aliphatic hydroxyl groups is 1. The van der Waals surface area contributed by atoms with Gasteiger partial charge in [-0.15, -0.1) is 0 Å². The van der Waals surface area contributed by atoms with E-state index in [1.165, 1.54) is 8.61 Å². The first-order chi connectivity index (χ1) is 7.96. The van der Waals surface area contributed by atoms with Gasteiger partial charge in [0, 0.05) is 33.8 Å². The zero-order valence-electron chi connectivity index (χ0n) is 11.2. The minimum absolute atomic E-state index is 0.173. The molecule has 0 aliphatic heterocycles. The Hall–Kier alpha value is -0.170. The fourth-order valence-corrected chi connectivity index (χ4v) is 2.67. The summed E-state index contributed by atoms with van der Waals surface area (Å²) in [5.41, 5.74) is 0. The lowest BCUT2D eigenvalue weighted by Gasteiger charge is -2.24. The average molecular weight is 266 g/mol. The van der Waals surface area contributed by atoms with Gasteiger partial charge in [0.15, 0.2) is 0 Å². The van der Waals surface area contributed by atoms with Gasteiger partial charge in [0.1, 0.15) is 0 Å². The molecule has 0 bridgehead atoms. The highest BCUT2D eigenvalue weighted by Crippen LogP contribution is 2.07. The summed E-state index contributed by atoms with van der Waals surface area (Å²) in [6, 6.07) is 0. The molecular weight excluding hydrogens is 240 g/mol. The maximum absolute atomic E-state index is 12.0. The predicted octanol–water partition coefficient (Wildman–Crippen LogP) is 1.06. The van der Waals surface area contributed by atoms with Crippen molar-refractivity contribution in [2.45, 2.75) is 39.0 Å². The van der Waals surface area contributed by atoms with Crippen molar-refractivity contribution in [3.05, 3.63) is 0 Å². The molecule has 0 aliphatic carbocycles. The van der Waals surface area contributed by atoms with Gasteiger partial charge < -0.3 is 5.11 Å². The standard InChI is InChI=1S/C11H26N2O3S/c1-4-5-9-12(2)17(15,16)13(3)10-7-6-8-11-14/h14H,4-11H2,1-3H3. The van der Waals surface area contributed by atoms with E-state index in [0.29, 0.717) is 13.1 Å². The molecule has 5 nitrogen and oxygen atoms in total. The van der Waals surface area contributed by atoms with E-state index in [9.17, 15) is 8.42 Å². The fraction of sp³-hybridized carbons (Fsp3) is 1.00. The van der Waals surface area contributed by atoms with E-state index in [4.69, 9.17) is 5.11 Å². The summed E-state index contributed by atoms with van der Waals surface area (Å²) in [6.07, 6.45) is 4.25. The largest absolute Gasteiger partial charge is 0.396 e. The van der Waals surface area contributed by atoms with Gasteiger partial charge in [-0.2, -0.15) is 17.0 Å². The molecule has 0 aromatic rings. The molecule has 0 fully saturated rings. The van der Waals surface area contributed by atoms with E-state index in [0.717, 1.165) is 32.1 Å². The molecule has 0 aromatic carbocycles. The van der Waals surface area contributed by atoms with E-state index < -0.39 is 10.2 Å². The molecule has 0 atom stereocenters. The third kappa shape index (κ3) is 6.35. The molecule has 0 aliphatic rings. The number of unbranched alkanes of at least 4 members (excludes halogenated alkanes) is 3. The molecule has 104 valence electrons. The number of hydrogen-bond donors (Lipinski definition) is 1. The molecule has 0 amide bonds. The van der Waals surface area contributed by atoms with Crippen LogP contribution in [0.2, 0.25) is 0 Å². The number of aliphatic hydroxyl groups excluding tert-OH is 1. The molecule has 0 rings (SSSR count). The quantitative estimate of drug-likeness (QED) is 0.601. The Bertz CT molecular complexity index is 280. The first-order valence-corrected chi connectivity index (χ1v) is 7.65. The van der Waals surface area contributed by atoms with Crippen LogP contribution in [0.5, 0.6) is 0 Å². The number of nitrogens with zero attached hydrogens (tertiary/aromatic N) is 2. The van der Waals surface area contributed by atoms with Crippen molar-refractivity contribution >= 4 is 10.2 Å². The van der Waals surface area contributed by atoms with Crippen molar-refractivity contribution in [2.75, 3.05) is 33.8 Å². The van der Waals surface area contributed by atoms with E-state index in [2.05, 4.69) is 0 Å². The van der Waals surface area contributed by atoms with Crippen LogP contribution >= 0.6 is 0 Å². The Morgan fingerprint density at radius 2 is 1.47 bits per heavy atom. The van der Waals surface area contributed by atoms with Gasteiger partial charge in [-0.05, 0) is 25.7 Å². The van der Waals surface area contributed by atoms with Crippen LogP contribution < -0.4 is 0 Å². The van der Waals surface area contributed by atoms with Crippen molar-refractivity contribution in [2.24, 2.45) is 0 Å². The molecule has 0 spiro atoms. The molecular formula is C11H26N2O3S. The minimum Gasteiger partial charge on any atom is -0.396 e. The van der Waals surface area contributed by atoms with E-state index in [-0.39, 0.29) is 6.61 Å². The van der Waals surface area contributed by atoms with Crippen LogP contribution in [-0.4, -0.2) is 55.9 Å². The third-order valence-corrected chi connectivity index (χ3v) is 4.69. The summed E-state index contributed by atoms with van der Waals surface area (Å²) in [5, 5.41) is 8.64. The molecule has 0 heterocycles. The van der Waals surface area contributed by atoms with Crippen molar-refractivity contribution < 1.29 is 13.5 Å². The van der Waals surface area contributed by atoms with E-state index >= 15 is 0 Å². The minimum atomic E-state index is -3.29. The SMILES string of the molecule is CCCCN(C)S(=O)(=O)N(C)CCCCCO. The Kier molecular flexibility index (Phi) is 8.77. The fourth-order valence-electron chi connectivity index (χ4n) is 1.47. The molecule has 0 saturated carbocycles. The first kappa shape index (κ1) is 16.8. The molecule has 0 radical (unpaired) electrons. The van der Waals surface area contributed by atoms with E-state index in [1.807, 2.05) is 6.92 Å². The molecule has 17 heavy (non-hydrogen) atoms. The Morgan fingerprint density at radius 1 is 0.941 bits per heavy atom. The number of rotatable bonds is 10. The van der Waals surface area contributed by atoms with Gasteiger partial charge in [0.05, 0.1) is 0 Å². The van der Waals surface area contributed by atoms with Crippen molar-refractivity contribution in [1.29, 1.82) is 0 Å². The lowest BCUT2D eigenvalue weighted by atomic mass is 10.2. The first-order valence-electron chi connectivity index (χ1n) is 6.25. The average Bonchev–Trinajstić information content (AvgIpc) is 2.31. The second kappa shape index (κ2) is 8.85. The maximum atomic E-state index is 12.0. The highest BCUT2D eigenvalue weighted by Gasteiger charge is 2.22. The van der Waals surface area contributed by atoms with Crippen molar-refractivity contribution in [3.63, 3.8) is 0 Å². The Morgan fingerprint density at radius 3 is 1.94 bits per heavy atom. The normalized spacial score (nSPS) is 12.6. The summed E-state index contributed by atoms with van der Waals surface area (Å²) in [5.74, 6) is 0. The third-order valence-electron chi connectivity index (χ3n) is 2.75. The molecule has 0 aromatic heterocycles. The second-order valence-corrected chi connectivity index (χ2v) is 6.43. The highest BCUT2D eigenvalue weighted by molar-refractivity contribution is 7.86. The van der Waals surface area contributed by atoms with Gasteiger partial charge in [-0.25, -0.2) is 0 Å². The smallest absolute Gasteiger partial charge is 0.281 e. The summed E-state index contributed by atoms with van der Waals surface area (Å²) < 4.78 is 26.8. The topological polar surface area (TPSA) is 60.9 Å². The van der Waals surface area contributed by atoms with Gasteiger partial charge in [0.25, 0.3) is 10.2 Å². The number of hydrogen-bond acceptors (Lipinski definition) is 3. The van der Waals surface area contributed by atoms with Crippen LogP contribution in [-0.2, 0) is 10.2 Å². The summed E-state index contributed by atoms with van der Waals surface area (Å²) >= 11 is 0. The summed E-state index contributed by atoms with van der Waals surface area (Å²) in [6.45, 7) is 3.30. The molecule has 1 N–H and O–H groups in total. The van der Waals surface area contributed by atoms with Crippen LogP contribution in [0.1, 0.15) is 39.0 Å². The van der Waals surface area contributed by atoms with Crippen LogP contribution in [0.25, 0.3) is 0 Å². The second-order valence-electron chi connectivity index (χ2n) is 4.29. The van der Waals surface area contributed by atoms with Crippen molar-refractivity contribution in [3.8, 4) is 0 Å². The molecule has 0 saturated heterocycles. The van der Waals surface area contributed by atoms with Gasteiger partial charge in [-0.1, -0.05) is 13.3 Å². The van der Waals surface area contributed by atoms with Gasteiger partial charge >= 0.3 is 0 Å². The lowest BCUT2D eigenvalue weighted by molar-refractivity contribution is 0.280. The monoisotopic (exact) mass is 266 g/mol. The molecule has 0 unspecified atom stereocenters. The van der Waals surface area contributed by atoms with Crippen LogP contribution in [0.3, 0.4) is 0 Å². The predicted molar refractivity (Wildman–Crippen MR) is 70.0 cm³/mol. The summed E-state index contributed by atoms with van der Waals surface area (Å²) in [4.78, 5) is 0. The zero-order chi connectivity index (χ0) is 13.3. The Labute approximate surface area is 106 Å². The maximum Gasteiger partial charge on any atom is 0.281 e. The highest BCUT2D eigenvalue weighted by atomic mass is 32.2. The van der Waals surface area contributed by atoms with Crippen LogP contribution in [0.4, 0.5) is 0 Å². The van der Waals surface area contributed by atoms with E-state index in [1.54, 1.807) is 14.1 Å². The van der Waals surface area contributed by atoms with Crippen LogP contribution in [0.15, 0.2) is 0 Å². The lowest BCUT2D eigenvalue weighted by Crippen LogP contribution is -2.40. The van der Waals surface area contributed by atoms with Crippen LogP contribution in [0, 0.1) is 0 Å². The zero-order valence-corrected chi connectivity index (χ0v) is 12.0. The van der Waals surface area contributed by atoms with Gasteiger partial charge in [-0.3, -0.25) is 0 Å². The molecule has 6 heteroatoms. The van der Waals surface area contributed by atoms with Gasteiger partial charge in [0.2, 0.25) is 0 Å². The van der Waals surface area contributed by atoms with Crippen molar-refractivity contribution in [1.82, 2.24) is 8.61 Å².